The molecule has 7 heteroatoms. The minimum Gasteiger partial charge on any atom is -0.494 e. The lowest BCUT2D eigenvalue weighted by molar-refractivity contribution is -0.0229. The Bertz CT molecular complexity index is 792. The Labute approximate surface area is 134 Å². The Morgan fingerprint density at radius 2 is 2.26 bits per heavy atom. The maximum atomic E-state index is 5.67. The van der Waals surface area contributed by atoms with Crippen LogP contribution in [-0.4, -0.2) is 43.0 Å². The molecule has 1 saturated heterocycles. The summed E-state index contributed by atoms with van der Waals surface area (Å²) in [5, 5.41) is 7.57. The smallest absolute Gasteiger partial charge is 0.144 e. The van der Waals surface area contributed by atoms with Crippen molar-refractivity contribution >= 4 is 11.5 Å². The van der Waals surface area contributed by atoms with Crippen molar-refractivity contribution in [3.05, 3.63) is 35.7 Å². The average Bonchev–Trinajstić information content (AvgIpc) is 3.14. The van der Waals surface area contributed by atoms with Crippen molar-refractivity contribution in [1.29, 1.82) is 0 Å². The second-order valence-corrected chi connectivity index (χ2v) is 5.82. The van der Waals surface area contributed by atoms with Crippen molar-refractivity contribution in [3.63, 3.8) is 0 Å². The second kappa shape index (κ2) is 5.07. The Hall–Kier alpha value is -2.38. The van der Waals surface area contributed by atoms with E-state index in [-0.39, 0.29) is 5.41 Å². The van der Waals surface area contributed by atoms with Gasteiger partial charge >= 0.3 is 0 Å². The second-order valence-electron chi connectivity index (χ2n) is 5.82. The highest BCUT2D eigenvalue weighted by Crippen LogP contribution is 2.47. The first kappa shape index (κ1) is 14.2. The van der Waals surface area contributed by atoms with Crippen LogP contribution in [0.3, 0.4) is 0 Å². The normalized spacial score (nSPS) is 17.6. The number of aromatic nitrogens is 2. The van der Waals surface area contributed by atoms with Crippen LogP contribution in [0, 0.1) is 0 Å². The molecule has 0 amide bonds. The third-order valence-electron chi connectivity index (χ3n) is 4.55. The Morgan fingerprint density at radius 1 is 1.43 bits per heavy atom. The summed E-state index contributed by atoms with van der Waals surface area (Å²) >= 11 is 0. The van der Waals surface area contributed by atoms with Gasteiger partial charge in [-0.05, 0) is 12.1 Å². The van der Waals surface area contributed by atoms with Gasteiger partial charge in [-0.1, -0.05) is 0 Å². The maximum Gasteiger partial charge on any atom is 0.144 e. The van der Waals surface area contributed by atoms with E-state index in [1.165, 1.54) is 0 Å². The van der Waals surface area contributed by atoms with Crippen molar-refractivity contribution in [1.82, 2.24) is 15.1 Å². The number of likely N-dealkylation sites (N-methyl/N-ethyl adjacent to an activating group) is 1. The number of nitrogens with zero attached hydrogens (tertiary/aromatic N) is 3. The molecule has 0 bridgehead atoms. The van der Waals surface area contributed by atoms with Gasteiger partial charge in [0.15, 0.2) is 0 Å². The largest absolute Gasteiger partial charge is 0.494 e. The fraction of sp³-hybridized carbons (Fsp3) is 0.375. The summed E-state index contributed by atoms with van der Waals surface area (Å²) in [4.78, 5) is 4.74. The van der Waals surface area contributed by atoms with Crippen molar-refractivity contribution in [2.24, 2.45) is 10.7 Å². The summed E-state index contributed by atoms with van der Waals surface area (Å²) in [6.45, 7) is 1.73. The first-order valence-electron chi connectivity index (χ1n) is 7.53. The number of methoxy groups -OCH3 is 1. The molecule has 3 heterocycles. The molecule has 0 saturated carbocycles. The van der Waals surface area contributed by atoms with E-state index in [0.29, 0.717) is 19.8 Å². The number of aliphatic imine (C=N–C) groups is 1. The van der Waals surface area contributed by atoms with Crippen LogP contribution in [0.15, 0.2) is 29.5 Å². The van der Waals surface area contributed by atoms with Gasteiger partial charge < -0.3 is 20.5 Å². The molecule has 1 fully saturated rings. The van der Waals surface area contributed by atoms with Gasteiger partial charge in [0, 0.05) is 30.9 Å². The number of nitrogens with two attached hydrogens (primary N) is 1. The van der Waals surface area contributed by atoms with Crippen LogP contribution in [0.1, 0.15) is 11.1 Å². The fourth-order valence-corrected chi connectivity index (χ4v) is 3.22. The molecule has 2 aromatic rings. The van der Waals surface area contributed by atoms with E-state index in [4.69, 9.17) is 20.2 Å². The monoisotopic (exact) mass is 313 g/mol. The summed E-state index contributed by atoms with van der Waals surface area (Å²) in [7, 11) is 3.56. The average molecular weight is 313 g/mol. The van der Waals surface area contributed by atoms with Gasteiger partial charge in [-0.25, -0.2) is 9.67 Å². The van der Waals surface area contributed by atoms with Crippen LogP contribution < -0.4 is 15.8 Å². The van der Waals surface area contributed by atoms with E-state index in [1.807, 2.05) is 25.4 Å². The number of ether oxygens (including phenoxy) is 2. The van der Waals surface area contributed by atoms with Crippen molar-refractivity contribution in [3.8, 4) is 11.4 Å². The van der Waals surface area contributed by atoms with Gasteiger partial charge in [0.25, 0.3) is 0 Å². The van der Waals surface area contributed by atoms with Gasteiger partial charge in [-0.15, -0.1) is 0 Å². The molecule has 2 aliphatic rings. The predicted octanol–water partition coefficient (Wildman–Crippen LogP) is 0.871. The fourth-order valence-electron chi connectivity index (χ4n) is 3.22. The van der Waals surface area contributed by atoms with Gasteiger partial charge in [-0.3, -0.25) is 0 Å². The predicted molar refractivity (Wildman–Crippen MR) is 86.7 cm³/mol. The van der Waals surface area contributed by atoms with Crippen LogP contribution in [0.25, 0.3) is 5.69 Å². The molecular formula is C16H19N5O2. The number of amidine groups is 1. The van der Waals surface area contributed by atoms with E-state index < -0.39 is 0 Å². The molecule has 0 atom stereocenters. The standard InChI is InChI=1S/C16H19N5O2/c1-18-15-16(8-23-9-16)11-3-14(22-2)13(4-12(11)20-15)21-7-10(5-17)6-19-21/h3-4,6-7H,5,8-9,17H2,1-2H3,(H,18,20). The molecular weight excluding hydrogens is 294 g/mol. The van der Waals surface area contributed by atoms with Gasteiger partial charge in [0.1, 0.15) is 22.7 Å². The van der Waals surface area contributed by atoms with Crippen LogP contribution in [0.2, 0.25) is 0 Å². The lowest BCUT2D eigenvalue weighted by Gasteiger charge is -2.39. The summed E-state index contributed by atoms with van der Waals surface area (Å²) in [6.07, 6.45) is 3.67. The van der Waals surface area contributed by atoms with Crippen LogP contribution in [0.4, 0.5) is 5.69 Å². The molecule has 1 aromatic carbocycles. The van der Waals surface area contributed by atoms with Crippen molar-refractivity contribution < 1.29 is 9.47 Å². The summed E-state index contributed by atoms with van der Waals surface area (Å²) in [5.41, 5.74) is 9.39. The SMILES string of the molecule is CNC1=Nc2cc(-n3cc(CN)cn3)c(OC)cc2C12COC2. The molecule has 4 rings (SSSR count). The molecule has 23 heavy (non-hydrogen) atoms. The molecule has 0 aliphatic carbocycles. The highest BCUT2D eigenvalue weighted by Gasteiger charge is 2.50. The zero-order valence-electron chi connectivity index (χ0n) is 13.2. The quantitative estimate of drug-likeness (QED) is 0.878. The topological polar surface area (TPSA) is 86.7 Å². The third-order valence-corrected chi connectivity index (χ3v) is 4.55. The number of hydrogen-bond acceptors (Lipinski definition) is 6. The summed E-state index contributed by atoms with van der Waals surface area (Å²) < 4.78 is 12.8. The number of nitrogens with one attached hydrogen (secondary N) is 1. The van der Waals surface area contributed by atoms with Gasteiger partial charge in [0.05, 0.1) is 32.2 Å². The molecule has 0 radical (unpaired) electrons. The minimum absolute atomic E-state index is 0.164. The maximum absolute atomic E-state index is 5.67. The molecule has 1 aromatic heterocycles. The summed E-state index contributed by atoms with van der Waals surface area (Å²) in [6, 6.07) is 4.05. The zero-order chi connectivity index (χ0) is 16.0. The first-order chi connectivity index (χ1) is 11.2. The Balaban J connectivity index is 1.86. The molecule has 1 spiro atoms. The number of fused-ring (bicyclic) bond motifs is 2. The molecule has 120 valence electrons. The van der Waals surface area contributed by atoms with Crippen molar-refractivity contribution in [2.75, 3.05) is 27.4 Å². The Kier molecular flexibility index (Phi) is 3.14. The van der Waals surface area contributed by atoms with E-state index in [0.717, 1.165) is 34.1 Å². The van der Waals surface area contributed by atoms with Crippen molar-refractivity contribution in [2.45, 2.75) is 12.0 Å². The lowest BCUT2D eigenvalue weighted by Crippen LogP contribution is -2.55. The highest BCUT2D eigenvalue weighted by atomic mass is 16.5. The highest BCUT2D eigenvalue weighted by molar-refractivity contribution is 6.01. The lowest BCUT2D eigenvalue weighted by atomic mass is 9.78. The van der Waals surface area contributed by atoms with Gasteiger partial charge in [-0.2, -0.15) is 5.10 Å². The Morgan fingerprint density at radius 3 is 2.83 bits per heavy atom. The summed E-state index contributed by atoms with van der Waals surface area (Å²) in [5.74, 6) is 1.70. The van der Waals surface area contributed by atoms with Gasteiger partial charge in [0.2, 0.25) is 0 Å². The molecule has 3 N–H and O–H groups in total. The number of hydrogen-bond donors (Lipinski definition) is 2. The van der Waals surface area contributed by atoms with E-state index >= 15 is 0 Å². The van der Waals surface area contributed by atoms with E-state index in [2.05, 4.69) is 10.4 Å². The van der Waals surface area contributed by atoms with Crippen LogP contribution in [-0.2, 0) is 16.7 Å². The van der Waals surface area contributed by atoms with Crippen LogP contribution >= 0.6 is 0 Å². The van der Waals surface area contributed by atoms with Crippen LogP contribution in [0.5, 0.6) is 5.75 Å². The number of benzene rings is 1. The third kappa shape index (κ3) is 1.90. The molecule has 7 nitrogen and oxygen atoms in total. The first-order valence-corrected chi connectivity index (χ1v) is 7.53. The molecule has 0 unspecified atom stereocenters. The minimum atomic E-state index is -0.164. The molecule has 2 aliphatic heterocycles. The zero-order valence-corrected chi connectivity index (χ0v) is 13.2. The van der Waals surface area contributed by atoms with E-state index in [9.17, 15) is 0 Å². The number of rotatable bonds is 3. The van der Waals surface area contributed by atoms with E-state index in [1.54, 1.807) is 18.0 Å².